The summed E-state index contributed by atoms with van der Waals surface area (Å²) in [5, 5.41) is 8.33. The Morgan fingerprint density at radius 1 is 1.73 bits per heavy atom. The number of hydrogen-bond donors (Lipinski definition) is 1. The fourth-order valence-corrected chi connectivity index (χ4v) is 1.44. The maximum absolute atomic E-state index is 10.8. The normalized spacial score (nSPS) is 12.6. The summed E-state index contributed by atoms with van der Waals surface area (Å²) >= 11 is 1.50. The molecule has 11 heavy (non-hydrogen) atoms. The number of aliphatic hydroxyl groups is 1. The molecular formula is C7H14O3S. The van der Waals surface area contributed by atoms with E-state index in [0.29, 0.717) is 0 Å². The van der Waals surface area contributed by atoms with Gasteiger partial charge in [-0.15, -0.1) is 11.8 Å². The predicted octanol–water partition coefficient (Wildman–Crippen LogP) is 0.663. The lowest BCUT2D eigenvalue weighted by atomic mass is 10.5. The molecule has 0 rings (SSSR count). The molecule has 0 radical (unpaired) electrons. The third kappa shape index (κ3) is 5.09. The number of rotatable bonds is 5. The molecule has 0 heterocycles. The largest absolute Gasteiger partial charge is 0.468 e. The third-order valence-electron chi connectivity index (χ3n) is 1.20. The van der Waals surface area contributed by atoms with E-state index in [-0.39, 0.29) is 17.8 Å². The van der Waals surface area contributed by atoms with Crippen molar-refractivity contribution in [2.75, 3.05) is 19.5 Å². The zero-order chi connectivity index (χ0) is 8.69. The van der Waals surface area contributed by atoms with Crippen molar-refractivity contribution in [1.82, 2.24) is 0 Å². The van der Waals surface area contributed by atoms with Gasteiger partial charge in [-0.2, -0.15) is 0 Å². The summed E-state index contributed by atoms with van der Waals surface area (Å²) in [5.41, 5.74) is 0. The number of esters is 1. The lowest BCUT2D eigenvalue weighted by Crippen LogP contribution is -2.15. The van der Waals surface area contributed by atoms with E-state index in [1.54, 1.807) is 6.92 Å². The van der Waals surface area contributed by atoms with E-state index in [1.807, 2.05) is 0 Å². The Balaban J connectivity index is 3.36. The second kappa shape index (κ2) is 6.49. The number of methoxy groups -OCH3 is 1. The molecule has 0 amide bonds. The molecule has 0 aromatic rings. The summed E-state index contributed by atoms with van der Waals surface area (Å²) in [6.07, 6.45) is 0.728. The minimum absolute atomic E-state index is 0.119. The standard InChI is InChI=1S/C7H14O3S/c1-6(7(9)10-2)11-5-3-4-8/h6,8H,3-5H2,1-2H3. The number of carbonyl (C=O) groups is 1. The molecule has 1 N–H and O–H groups in total. The molecule has 0 aliphatic rings. The number of hydrogen-bond acceptors (Lipinski definition) is 4. The van der Waals surface area contributed by atoms with Crippen molar-refractivity contribution in [3.05, 3.63) is 0 Å². The first kappa shape index (κ1) is 10.8. The molecule has 0 bridgehead atoms. The summed E-state index contributed by atoms with van der Waals surface area (Å²) in [6, 6.07) is 0. The van der Waals surface area contributed by atoms with Crippen molar-refractivity contribution in [2.24, 2.45) is 0 Å². The predicted molar refractivity (Wildman–Crippen MR) is 45.6 cm³/mol. The number of carbonyl (C=O) groups excluding carboxylic acids is 1. The van der Waals surface area contributed by atoms with Gasteiger partial charge in [0, 0.05) is 6.61 Å². The van der Waals surface area contributed by atoms with Gasteiger partial charge in [-0.05, 0) is 19.1 Å². The maximum Gasteiger partial charge on any atom is 0.318 e. The van der Waals surface area contributed by atoms with E-state index < -0.39 is 0 Å². The molecule has 1 unspecified atom stereocenters. The van der Waals surface area contributed by atoms with E-state index in [2.05, 4.69) is 4.74 Å². The molecule has 0 fully saturated rings. The first-order valence-electron chi connectivity index (χ1n) is 3.52. The fourth-order valence-electron chi connectivity index (χ4n) is 0.559. The molecule has 0 spiro atoms. The quantitative estimate of drug-likeness (QED) is 0.496. The van der Waals surface area contributed by atoms with Crippen LogP contribution in [0.5, 0.6) is 0 Å². The van der Waals surface area contributed by atoms with Gasteiger partial charge in [0.15, 0.2) is 0 Å². The monoisotopic (exact) mass is 178 g/mol. The Morgan fingerprint density at radius 2 is 2.36 bits per heavy atom. The Bertz CT molecular complexity index is 116. The smallest absolute Gasteiger partial charge is 0.318 e. The number of ether oxygens (including phenoxy) is 1. The molecule has 0 aliphatic heterocycles. The van der Waals surface area contributed by atoms with Crippen LogP contribution in [0.3, 0.4) is 0 Å². The molecule has 66 valence electrons. The van der Waals surface area contributed by atoms with Crippen LogP contribution in [0.1, 0.15) is 13.3 Å². The van der Waals surface area contributed by atoms with E-state index in [9.17, 15) is 4.79 Å². The average Bonchev–Trinajstić information content (AvgIpc) is 2.03. The summed E-state index contributed by atoms with van der Waals surface area (Å²) in [6.45, 7) is 1.98. The molecule has 0 aromatic carbocycles. The Kier molecular flexibility index (Phi) is 6.36. The lowest BCUT2D eigenvalue weighted by Gasteiger charge is -2.06. The molecule has 0 saturated carbocycles. The molecule has 0 aromatic heterocycles. The van der Waals surface area contributed by atoms with E-state index in [1.165, 1.54) is 18.9 Å². The van der Waals surface area contributed by atoms with E-state index in [0.717, 1.165) is 12.2 Å². The van der Waals surface area contributed by atoms with Crippen LogP contribution in [0.15, 0.2) is 0 Å². The Labute approximate surface area is 71.1 Å². The zero-order valence-corrected chi connectivity index (χ0v) is 7.69. The molecule has 0 aliphatic carbocycles. The van der Waals surface area contributed by atoms with Crippen molar-refractivity contribution in [3.63, 3.8) is 0 Å². The second-order valence-corrected chi connectivity index (χ2v) is 3.56. The van der Waals surface area contributed by atoms with Crippen LogP contribution in [0.2, 0.25) is 0 Å². The summed E-state index contributed by atoms with van der Waals surface area (Å²) in [5.74, 6) is 0.597. The molecular weight excluding hydrogens is 164 g/mol. The molecule has 0 saturated heterocycles. The summed E-state index contributed by atoms with van der Waals surface area (Å²) in [7, 11) is 1.38. The first-order valence-corrected chi connectivity index (χ1v) is 4.57. The fraction of sp³-hybridized carbons (Fsp3) is 0.857. The van der Waals surface area contributed by atoms with Gasteiger partial charge in [0.25, 0.3) is 0 Å². The number of thioether (sulfide) groups is 1. The van der Waals surface area contributed by atoms with Gasteiger partial charge in [-0.25, -0.2) is 0 Å². The van der Waals surface area contributed by atoms with Crippen molar-refractivity contribution in [2.45, 2.75) is 18.6 Å². The van der Waals surface area contributed by atoms with Gasteiger partial charge in [0.1, 0.15) is 0 Å². The van der Waals surface area contributed by atoms with Gasteiger partial charge < -0.3 is 9.84 Å². The zero-order valence-electron chi connectivity index (χ0n) is 6.87. The van der Waals surface area contributed by atoms with Crippen molar-refractivity contribution >= 4 is 17.7 Å². The highest BCUT2D eigenvalue weighted by molar-refractivity contribution is 8.00. The van der Waals surface area contributed by atoms with Crippen LogP contribution in [0, 0.1) is 0 Å². The highest BCUT2D eigenvalue weighted by Crippen LogP contribution is 2.12. The van der Waals surface area contributed by atoms with Crippen LogP contribution < -0.4 is 0 Å². The molecule has 4 heteroatoms. The second-order valence-electron chi connectivity index (χ2n) is 2.11. The number of aliphatic hydroxyl groups excluding tert-OH is 1. The van der Waals surface area contributed by atoms with Crippen molar-refractivity contribution in [1.29, 1.82) is 0 Å². The minimum atomic E-state index is -0.201. The highest BCUT2D eigenvalue weighted by atomic mass is 32.2. The Hall–Kier alpha value is -0.220. The van der Waals surface area contributed by atoms with Crippen LogP contribution in [-0.2, 0) is 9.53 Å². The van der Waals surface area contributed by atoms with Crippen molar-refractivity contribution in [3.8, 4) is 0 Å². The first-order chi connectivity index (χ1) is 5.22. The van der Waals surface area contributed by atoms with Gasteiger partial charge in [-0.3, -0.25) is 4.79 Å². The summed E-state index contributed by atoms with van der Waals surface area (Å²) < 4.78 is 4.52. The minimum Gasteiger partial charge on any atom is -0.468 e. The van der Waals surface area contributed by atoms with Gasteiger partial charge in [-0.1, -0.05) is 0 Å². The van der Waals surface area contributed by atoms with Crippen LogP contribution >= 0.6 is 11.8 Å². The van der Waals surface area contributed by atoms with E-state index >= 15 is 0 Å². The third-order valence-corrected chi connectivity index (χ3v) is 2.42. The van der Waals surface area contributed by atoms with Crippen LogP contribution in [-0.4, -0.2) is 35.8 Å². The topological polar surface area (TPSA) is 46.5 Å². The molecule has 1 atom stereocenters. The highest BCUT2D eigenvalue weighted by Gasteiger charge is 2.11. The Morgan fingerprint density at radius 3 is 2.82 bits per heavy atom. The molecule has 3 nitrogen and oxygen atoms in total. The van der Waals surface area contributed by atoms with Crippen LogP contribution in [0.4, 0.5) is 0 Å². The summed E-state index contributed by atoms with van der Waals surface area (Å²) in [4.78, 5) is 10.8. The van der Waals surface area contributed by atoms with E-state index in [4.69, 9.17) is 5.11 Å². The average molecular weight is 178 g/mol. The van der Waals surface area contributed by atoms with Gasteiger partial charge in [0.05, 0.1) is 12.4 Å². The van der Waals surface area contributed by atoms with Gasteiger partial charge in [0.2, 0.25) is 0 Å². The maximum atomic E-state index is 10.8. The van der Waals surface area contributed by atoms with Crippen LogP contribution in [0.25, 0.3) is 0 Å². The van der Waals surface area contributed by atoms with Gasteiger partial charge >= 0.3 is 5.97 Å². The lowest BCUT2D eigenvalue weighted by molar-refractivity contribution is -0.139. The SMILES string of the molecule is COC(=O)C(C)SCCCO. The van der Waals surface area contributed by atoms with Crippen molar-refractivity contribution < 1.29 is 14.6 Å².